The van der Waals surface area contributed by atoms with Crippen LogP contribution in [0.15, 0.2) is 16.5 Å². The third kappa shape index (κ3) is 3.83. The average Bonchev–Trinajstić information content (AvgIpc) is 2.39. The number of hydrogen-bond donors (Lipinski definition) is 0. The zero-order chi connectivity index (χ0) is 14.4. The van der Waals surface area contributed by atoms with E-state index in [1.165, 1.54) is 24.6 Å². The molecule has 0 aliphatic rings. The van der Waals surface area contributed by atoms with Crippen molar-refractivity contribution in [3.05, 3.63) is 34.4 Å². The average molecular weight is 279 g/mol. The molecule has 0 fully saturated rings. The van der Waals surface area contributed by atoms with Gasteiger partial charge in [-0.1, -0.05) is 26.8 Å². The predicted octanol–water partition coefficient (Wildman–Crippen LogP) is 3.99. The zero-order valence-corrected chi connectivity index (χ0v) is 13.0. The fourth-order valence-electron chi connectivity index (χ4n) is 1.92. The van der Waals surface area contributed by atoms with Gasteiger partial charge in [0.1, 0.15) is 0 Å². The molecule has 0 aliphatic heterocycles. The van der Waals surface area contributed by atoms with E-state index in [0.29, 0.717) is 11.5 Å². The molecule has 0 heterocycles. The lowest BCUT2D eigenvalue weighted by atomic mass is 9.91. The molecule has 0 aromatic heterocycles. The topological polar surface area (TPSA) is 38.7 Å². The van der Waals surface area contributed by atoms with Crippen molar-refractivity contribution in [2.75, 3.05) is 12.9 Å². The van der Waals surface area contributed by atoms with Crippen LogP contribution in [0.3, 0.4) is 0 Å². The summed E-state index contributed by atoms with van der Waals surface area (Å²) < 4.78 is 9.14. The molecule has 4 heteroatoms. The molecule has 19 heavy (non-hydrogen) atoms. The van der Waals surface area contributed by atoms with Crippen molar-refractivity contribution in [3.63, 3.8) is 0 Å². The van der Waals surface area contributed by atoms with E-state index in [9.17, 15) is 4.79 Å². The highest BCUT2D eigenvalue weighted by molar-refractivity contribution is 7.98. The van der Waals surface area contributed by atoms with Crippen molar-refractivity contribution < 1.29 is 9.53 Å². The molecule has 0 N–H and O–H groups in total. The molecular formula is C15H21NO2S. The Balaban J connectivity index is 3.31. The second-order valence-corrected chi connectivity index (χ2v) is 5.59. The summed E-state index contributed by atoms with van der Waals surface area (Å²) in [6.45, 7) is 8.27. The largest absolute Gasteiger partial charge is 0.465 e. The van der Waals surface area contributed by atoms with Crippen molar-refractivity contribution in [1.29, 1.82) is 0 Å². The molecule has 0 unspecified atom stereocenters. The van der Waals surface area contributed by atoms with Gasteiger partial charge in [0, 0.05) is 17.5 Å². The molecule has 1 aromatic rings. The van der Waals surface area contributed by atoms with Gasteiger partial charge in [-0.15, -0.1) is 0 Å². The Kier molecular flexibility index (Phi) is 6.09. The molecule has 0 bridgehead atoms. The molecule has 0 spiro atoms. The third-order valence-electron chi connectivity index (χ3n) is 2.96. The van der Waals surface area contributed by atoms with E-state index in [-0.39, 0.29) is 5.97 Å². The normalized spacial score (nSPS) is 11.3. The number of methoxy groups -OCH3 is 1. The van der Waals surface area contributed by atoms with Gasteiger partial charge in [0.05, 0.1) is 12.7 Å². The molecule has 1 aromatic carbocycles. The summed E-state index contributed by atoms with van der Waals surface area (Å²) in [4.78, 5) is 11.7. The molecule has 0 aliphatic carbocycles. The Hall–Kier alpha value is -1.29. The first-order chi connectivity index (χ1) is 9.02. The maximum atomic E-state index is 11.7. The number of ether oxygens (including phenoxy) is 1. The first-order valence-corrected chi connectivity index (χ1v) is 7.34. The van der Waals surface area contributed by atoms with Crippen molar-refractivity contribution in [2.24, 2.45) is 4.40 Å². The van der Waals surface area contributed by atoms with Crippen molar-refractivity contribution >= 4 is 24.1 Å². The molecule has 0 saturated heterocycles. The highest BCUT2D eigenvalue weighted by atomic mass is 32.2. The van der Waals surface area contributed by atoms with Crippen LogP contribution in [0.2, 0.25) is 0 Å². The smallest absolute Gasteiger partial charge is 0.338 e. The number of rotatable bonds is 5. The fraction of sp³-hybridized carbons (Fsp3) is 0.467. The van der Waals surface area contributed by atoms with Gasteiger partial charge >= 0.3 is 5.97 Å². The van der Waals surface area contributed by atoms with Gasteiger partial charge in [0.25, 0.3) is 0 Å². The van der Waals surface area contributed by atoms with Crippen LogP contribution in [0.25, 0.3) is 0 Å². The molecule has 104 valence electrons. The number of carbonyl (C=O) groups excluding carboxylic acids is 1. The van der Waals surface area contributed by atoms with E-state index in [0.717, 1.165) is 16.9 Å². The molecule has 0 amide bonds. The Labute approximate surface area is 119 Å². The maximum absolute atomic E-state index is 11.7. The number of hydrogen-bond acceptors (Lipinski definition) is 4. The van der Waals surface area contributed by atoms with Gasteiger partial charge in [0.2, 0.25) is 0 Å². The zero-order valence-electron chi connectivity index (χ0n) is 12.2. The number of benzene rings is 1. The molecule has 0 atom stereocenters. The monoisotopic (exact) mass is 279 g/mol. The summed E-state index contributed by atoms with van der Waals surface area (Å²) in [7, 11) is 1.40. The van der Waals surface area contributed by atoms with Crippen LogP contribution in [-0.4, -0.2) is 25.0 Å². The van der Waals surface area contributed by atoms with E-state index in [4.69, 9.17) is 4.74 Å². The van der Waals surface area contributed by atoms with Gasteiger partial charge in [-0.05, 0) is 42.0 Å². The highest BCUT2D eigenvalue weighted by Gasteiger charge is 2.15. The minimum absolute atomic E-state index is 0.300. The summed E-state index contributed by atoms with van der Waals surface area (Å²) in [6.07, 6.45) is 1.85. The van der Waals surface area contributed by atoms with Crippen molar-refractivity contribution in [1.82, 2.24) is 0 Å². The Bertz CT molecular complexity index is 481. The van der Waals surface area contributed by atoms with Crippen molar-refractivity contribution in [3.8, 4) is 0 Å². The first-order valence-electron chi connectivity index (χ1n) is 6.40. The van der Waals surface area contributed by atoms with Crippen LogP contribution in [0.4, 0.5) is 0 Å². The number of carbonyl (C=O) groups is 1. The van der Waals surface area contributed by atoms with E-state index < -0.39 is 0 Å². The van der Waals surface area contributed by atoms with Crippen molar-refractivity contribution in [2.45, 2.75) is 33.6 Å². The summed E-state index contributed by atoms with van der Waals surface area (Å²) in [5, 5.41) is 0. The van der Waals surface area contributed by atoms with E-state index in [2.05, 4.69) is 25.2 Å². The molecule has 0 radical (unpaired) electrons. The van der Waals surface area contributed by atoms with Gasteiger partial charge in [0.15, 0.2) is 0 Å². The SMILES string of the molecule is CCSN=Cc1c(C(C)C)ccc(C(=O)OC)c1C. The molecule has 3 nitrogen and oxygen atoms in total. The van der Waals surface area contributed by atoms with Gasteiger partial charge in [-0.2, -0.15) is 0 Å². The van der Waals surface area contributed by atoms with E-state index >= 15 is 0 Å². The molecule has 1 rings (SSSR count). The minimum Gasteiger partial charge on any atom is -0.465 e. The Morgan fingerprint density at radius 1 is 1.47 bits per heavy atom. The van der Waals surface area contributed by atoms with Gasteiger partial charge < -0.3 is 4.74 Å². The standard InChI is InChI=1S/C15H21NO2S/c1-6-19-16-9-14-11(4)13(15(17)18-5)8-7-12(14)10(2)3/h7-10H,6H2,1-5H3. The lowest BCUT2D eigenvalue weighted by Gasteiger charge is -2.14. The fourth-order valence-corrected chi connectivity index (χ4v) is 2.25. The second-order valence-electron chi connectivity index (χ2n) is 4.54. The van der Waals surface area contributed by atoms with Gasteiger partial charge in [-0.25, -0.2) is 9.19 Å². The summed E-state index contributed by atoms with van der Waals surface area (Å²) >= 11 is 1.51. The lowest BCUT2D eigenvalue weighted by Crippen LogP contribution is -2.08. The molecular weight excluding hydrogens is 258 g/mol. The highest BCUT2D eigenvalue weighted by Crippen LogP contribution is 2.24. The molecule has 0 saturated carbocycles. The van der Waals surface area contributed by atoms with Crippen LogP contribution in [0.5, 0.6) is 0 Å². The minimum atomic E-state index is -0.300. The van der Waals surface area contributed by atoms with Crippen LogP contribution in [-0.2, 0) is 4.74 Å². The van der Waals surface area contributed by atoms with Crippen LogP contribution in [0.1, 0.15) is 53.7 Å². The number of esters is 1. The Morgan fingerprint density at radius 3 is 2.68 bits per heavy atom. The third-order valence-corrected chi connectivity index (χ3v) is 3.47. The summed E-state index contributed by atoms with van der Waals surface area (Å²) in [6, 6.07) is 3.82. The van der Waals surface area contributed by atoms with Crippen LogP contribution in [0, 0.1) is 6.92 Å². The maximum Gasteiger partial charge on any atom is 0.338 e. The quantitative estimate of drug-likeness (QED) is 0.464. The van der Waals surface area contributed by atoms with Crippen LogP contribution < -0.4 is 0 Å². The van der Waals surface area contributed by atoms with E-state index in [1.807, 2.05) is 25.3 Å². The number of nitrogens with zero attached hydrogens (tertiary/aromatic N) is 1. The second kappa shape index (κ2) is 7.34. The summed E-state index contributed by atoms with van der Waals surface area (Å²) in [5.41, 5.74) is 3.76. The lowest BCUT2D eigenvalue weighted by molar-refractivity contribution is 0.0600. The van der Waals surface area contributed by atoms with Crippen LogP contribution >= 0.6 is 11.9 Å². The Morgan fingerprint density at radius 2 is 2.16 bits per heavy atom. The first kappa shape index (κ1) is 15.8. The summed E-state index contributed by atoms with van der Waals surface area (Å²) in [5.74, 6) is 1.02. The predicted molar refractivity (Wildman–Crippen MR) is 82.3 cm³/mol. The van der Waals surface area contributed by atoms with E-state index in [1.54, 1.807) is 0 Å². The van der Waals surface area contributed by atoms with Gasteiger partial charge in [-0.3, -0.25) is 0 Å².